The fraction of sp³-hybridized carbons (Fsp3) is 0.300. The van der Waals surface area contributed by atoms with E-state index in [0.717, 1.165) is 24.0 Å². The van der Waals surface area contributed by atoms with Crippen LogP contribution < -0.4 is 5.73 Å². The standard InChI is InChI=1S/C20H18FN3/c21-19-9-7-15(12-16(19)13-22)17-10-11-24-20(23)18(17)8-6-14-4-2-1-3-5-14/h7,9-12,14H,1-5H2,(H2,23,24). The van der Waals surface area contributed by atoms with E-state index in [0.29, 0.717) is 17.3 Å². The van der Waals surface area contributed by atoms with Crippen molar-refractivity contribution in [3.05, 3.63) is 47.4 Å². The molecule has 120 valence electrons. The molecule has 1 aliphatic rings. The van der Waals surface area contributed by atoms with E-state index in [1.807, 2.05) is 6.07 Å². The number of nitrogens with zero attached hydrogens (tertiary/aromatic N) is 2. The average molecular weight is 319 g/mol. The summed E-state index contributed by atoms with van der Waals surface area (Å²) in [6, 6.07) is 8.12. The first kappa shape index (κ1) is 16.0. The van der Waals surface area contributed by atoms with Gasteiger partial charge in [-0.25, -0.2) is 9.37 Å². The Morgan fingerprint density at radius 3 is 2.71 bits per heavy atom. The molecule has 0 unspecified atom stereocenters. The van der Waals surface area contributed by atoms with Gasteiger partial charge in [0, 0.05) is 17.7 Å². The minimum absolute atomic E-state index is 0.00840. The zero-order chi connectivity index (χ0) is 16.9. The number of nitriles is 1. The predicted octanol–water partition coefficient (Wildman–Crippen LogP) is 4.27. The summed E-state index contributed by atoms with van der Waals surface area (Å²) < 4.78 is 13.6. The van der Waals surface area contributed by atoms with Crippen LogP contribution in [0.2, 0.25) is 0 Å². The third kappa shape index (κ3) is 3.39. The number of hydrogen-bond acceptors (Lipinski definition) is 3. The van der Waals surface area contributed by atoms with Crippen LogP contribution in [0.1, 0.15) is 43.2 Å². The number of aromatic nitrogens is 1. The monoisotopic (exact) mass is 319 g/mol. The van der Waals surface area contributed by atoms with Crippen molar-refractivity contribution in [1.82, 2.24) is 4.98 Å². The zero-order valence-electron chi connectivity index (χ0n) is 13.3. The van der Waals surface area contributed by atoms with E-state index in [-0.39, 0.29) is 5.56 Å². The minimum atomic E-state index is -0.530. The Bertz CT molecular complexity index is 849. The van der Waals surface area contributed by atoms with E-state index < -0.39 is 5.82 Å². The topological polar surface area (TPSA) is 62.7 Å². The lowest BCUT2D eigenvalue weighted by molar-refractivity contribution is 0.430. The van der Waals surface area contributed by atoms with E-state index in [1.165, 1.54) is 31.4 Å². The van der Waals surface area contributed by atoms with Crippen molar-refractivity contribution >= 4 is 5.82 Å². The molecule has 2 N–H and O–H groups in total. The molecule has 0 spiro atoms. The SMILES string of the molecule is N#Cc1cc(-c2ccnc(N)c2C#CC2CCCCC2)ccc1F. The number of nitrogen functional groups attached to an aromatic ring is 1. The first-order valence-electron chi connectivity index (χ1n) is 8.15. The van der Waals surface area contributed by atoms with Crippen LogP contribution in [0.5, 0.6) is 0 Å². The Labute approximate surface area is 141 Å². The molecule has 1 fully saturated rings. The maximum atomic E-state index is 13.6. The highest BCUT2D eigenvalue weighted by atomic mass is 19.1. The van der Waals surface area contributed by atoms with Gasteiger partial charge in [0.2, 0.25) is 0 Å². The maximum absolute atomic E-state index is 13.6. The molecule has 1 heterocycles. The van der Waals surface area contributed by atoms with Crippen LogP contribution >= 0.6 is 0 Å². The smallest absolute Gasteiger partial charge is 0.140 e. The third-order valence-electron chi connectivity index (χ3n) is 4.38. The normalized spacial score (nSPS) is 14.5. The van der Waals surface area contributed by atoms with Gasteiger partial charge in [-0.15, -0.1) is 0 Å². The van der Waals surface area contributed by atoms with E-state index in [2.05, 4.69) is 16.8 Å². The van der Waals surface area contributed by atoms with E-state index in [4.69, 9.17) is 11.0 Å². The summed E-state index contributed by atoms with van der Waals surface area (Å²) >= 11 is 0. The molecule has 4 heteroatoms. The van der Waals surface area contributed by atoms with Crippen molar-refractivity contribution in [2.75, 3.05) is 5.73 Å². The fourth-order valence-electron chi connectivity index (χ4n) is 3.05. The Morgan fingerprint density at radius 1 is 1.17 bits per heavy atom. The third-order valence-corrected chi connectivity index (χ3v) is 4.38. The highest BCUT2D eigenvalue weighted by Gasteiger charge is 2.13. The van der Waals surface area contributed by atoms with Gasteiger partial charge in [0.15, 0.2) is 0 Å². The molecule has 0 bridgehead atoms. The first-order chi connectivity index (χ1) is 11.7. The molecule has 0 atom stereocenters. The molecule has 1 aromatic heterocycles. The van der Waals surface area contributed by atoms with Crippen LogP contribution in [0.25, 0.3) is 11.1 Å². The summed E-state index contributed by atoms with van der Waals surface area (Å²) in [4.78, 5) is 4.13. The molecular formula is C20H18FN3. The molecule has 3 nitrogen and oxygen atoms in total. The van der Waals surface area contributed by atoms with Gasteiger partial charge in [-0.2, -0.15) is 5.26 Å². The highest BCUT2D eigenvalue weighted by molar-refractivity contribution is 5.76. The molecule has 0 aliphatic heterocycles. The van der Waals surface area contributed by atoms with Crippen LogP contribution in [0.3, 0.4) is 0 Å². The maximum Gasteiger partial charge on any atom is 0.140 e. The lowest BCUT2D eigenvalue weighted by Crippen LogP contribution is -2.04. The Balaban J connectivity index is 2.02. The van der Waals surface area contributed by atoms with Gasteiger partial charge in [-0.05, 0) is 36.6 Å². The number of halogens is 1. The van der Waals surface area contributed by atoms with Crippen molar-refractivity contribution < 1.29 is 4.39 Å². The van der Waals surface area contributed by atoms with Crippen LogP contribution in [0.15, 0.2) is 30.5 Å². The van der Waals surface area contributed by atoms with Crippen molar-refractivity contribution in [3.63, 3.8) is 0 Å². The molecule has 1 aliphatic carbocycles. The van der Waals surface area contributed by atoms with E-state index >= 15 is 0 Å². The van der Waals surface area contributed by atoms with E-state index in [9.17, 15) is 4.39 Å². The van der Waals surface area contributed by atoms with Crippen LogP contribution in [-0.4, -0.2) is 4.98 Å². The number of pyridine rings is 1. The molecule has 3 rings (SSSR count). The Hall–Kier alpha value is -2.85. The van der Waals surface area contributed by atoms with Crippen molar-refractivity contribution in [2.45, 2.75) is 32.1 Å². The second-order valence-electron chi connectivity index (χ2n) is 6.03. The summed E-state index contributed by atoms with van der Waals surface area (Å²) in [6.45, 7) is 0. The van der Waals surface area contributed by atoms with Gasteiger partial charge in [0.25, 0.3) is 0 Å². The average Bonchev–Trinajstić information content (AvgIpc) is 2.62. The molecule has 0 amide bonds. The summed E-state index contributed by atoms with van der Waals surface area (Å²) in [5.41, 5.74) is 8.18. The summed E-state index contributed by atoms with van der Waals surface area (Å²) in [5.74, 6) is 6.74. The van der Waals surface area contributed by atoms with Gasteiger partial charge in [-0.1, -0.05) is 37.2 Å². The molecule has 0 saturated heterocycles. The summed E-state index contributed by atoms with van der Waals surface area (Å²) in [5, 5.41) is 9.03. The quantitative estimate of drug-likeness (QED) is 0.798. The van der Waals surface area contributed by atoms with Gasteiger partial charge in [0.05, 0.1) is 11.1 Å². The number of hydrogen-bond donors (Lipinski definition) is 1. The van der Waals surface area contributed by atoms with Crippen molar-refractivity contribution in [3.8, 4) is 29.0 Å². The summed E-state index contributed by atoms with van der Waals surface area (Å²) in [6.07, 6.45) is 7.57. The van der Waals surface area contributed by atoms with Crippen LogP contribution in [-0.2, 0) is 0 Å². The Kier molecular flexibility index (Phi) is 4.77. The van der Waals surface area contributed by atoms with Gasteiger partial charge >= 0.3 is 0 Å². The predicted molar refractivity (Wildman–Crippen MR) is 92.2 cm³/mol. The molecule has 24 heavy (non-hydrogen) atoms. The van der Waals surface area contributed by atoms with Crippen molar-refractivity contribution in [1.29, 1.82) is 5.26 Å². The van der Waals surface area contributed by atoms with Gasteiger partial charge in [0.1, 0.15) is 17.7 Å². The number of rotatable bonds is 1. The van der Waals surface area contributed by atoms with Gasteiger partial charge in [-0.3, -0.25) is 0 Å². The molecular weight excluding hydrogens is 301 g/mol. The zero-order valence-corrected chi connectivity index (χ0v) is 13.3. The lowest BCUT2D eigenvalue weighted by Gasteiger charge is -2.15. The molecule has 2 aromatic rings. The molecule has 1 saturated carbocycles. The van der Waals surface area contributed by atoms with Crippen LogP contribution in [0.4, 0.5) is 10.2 Å². The second-order valence-corrected chi connectivity index (χ2v) is 6.03. The number of nitrogens with two attached hydrogens (primary N) is 1. The first-order valence-corrected chi connectivity index (χ1v) is 8.15. The highest BCUT2D eigenvalue weighted by Crippen LogP contribution is 2.28. The number of anilines is 1. The molecule has 0 radical (unpaired) electrons. The lowest BCUT2D eigenvalue weighted by atomic mass is 9.89. The number of benzene rings is 1. The van der Waals surface area contributed by atoms with E-state index in [1.54, 1.807) is 18.3 Å². The van der Waals surface area contributed by atoms with Crippen LogP contribution in [0, 0.1) is 34.9 Å². The summed E-state index contributed by atoms with van der Waals surface area (Å²) in [7, 11) is 0. The molecule has 1 aromatic carbocycles. The van der Waals surface area contributed by atoms with Crippen molar-refractivity contribution in [2.24, 2.45) is 5.92 Å². The second kappa shape index (κ2) is 7.15. The Morgan fingerprint density at radius 2 is 1.96 bits per heavy atom. The largest absolute Gasteiger partial charge is 0.383 e. The minimum Gasteiger partial charge on any atom is -0.383 e. The fourth-order valence-corrected chi connectivity index (χ4v) is 3.05. The van der Waals surface area contributed by atoms with Gasteiger partial charge < -0.3 is 5.73 Å².